The van der Waals surface area contributed by atoms with Gasteiger partial charge in [0, 0.05) is 5.56 Å². The van der Waals surface area contributed by atoms with Gasteiger partial charge < -0.3 is 5.11 Å². The zero-order chi connectivity index (χ0) is 12.5. The van der Waals surface area contributed by atoms with Crippen molar-refractivity contribution in [1.29, 1.82) is 0 Å². The molecule has 1 rings (SSSR count). The Labute approximate surface area is 88.5 Å². The number of rotatable bonds is 3. The van der Waals surface area contributed by atoms with Crippen LogP contribution in [-0.2, 0) is 4.79 Å². The highest BCUT2D eigenvalue weighted by atomic mass is 19.1. The van der Waals surface area contributed by atoms with Gasteiger partial charge in [-0.15, -0.1) is 0 Å². The third kappa shape index (κ3) is 2.13. The van der Waals surface area contributed by atoms with Crippen LogP contribution in [0.4, 0.5) is 14.5 Å². The van der Waals surface area contributed by atoms with E-state index < -0.39 is 39.7 Å². The molecule has 5 nitrogen and oxygen atoms in total. The van der Waals surface area contributed by atoms with Crippen LogP contribution in [0.2, 0.25) is 0 Å². The second-order valence-electron chi connectivity index (χ2n) is 3.14. The smallest absolute Gasteiger partial charge is 0.310 e. The molecule has 0 saturated heterocycles. The molecule has 0 aliphatic rings. The van der Waals surface area contributed by atoms with Crippen molar-refractivity contribution < 1.29 is 23.6 Å². The molecule has 16 heavy (non-hydrogen) atoms. The summed E-state index contributed by atoms with van der Waals surface area (Å²) in [6.07, 6.45) is 0. The summed E-state index contributed by atoms with van der Waals surface area (Å²) in [7, 11) is 0. The van der Waals surface area contributed by atoms with Crippen LogP contribution in [0.3, 0.4) is 0 Å². The van der Waals surface area contributed by atoms with Crippen molar-refractivity contribution in [2.45, 2.75) is 12.8 Å². The summed E-state index contributed by atoms with van der Waals surface area (Å²) in [6.45, 7) is 1.16. The van der Waals surface area contributed by atoms with Gasteiger partial charge in [0.2, 0.25) is 5.82 Å². The van der Waals surface area contributed by atoms with Crippen LogP contribution in [-0.4, -0.2) is 16.0 Å². The van der Waals surface area contributed by atoms with E-state index in [4.69, 9.17) is 5.11 Å². The monoisotopic (exact) mass is 231 g/mol. The van der Waals surface area contributed by atoms with Crippen LogP contribution in [0, 0.1) is 21.7 Å². The van der Waals surface area contributed by atoms with Crippen molar-refractivity contribution in [1.82, 2.24) is 0 Å². The summed E-state index contributed by atoms with van der Waals surface area (Å²) in [5.41, 5.74) is -1.44. The highest BCUT2D eigenvalue weighted by Crippen LogP contribution is 2.26. The van der Waals surface area contributed by atoms with E-state index >= 15 is 0 Å². The van der Waals surface area contributed by atoms with E-state index in [1.54, 1.807) is 0 Å². The first-order valence-corrected chi connectivity index (χ1v) is 4.20. The van der Waals surface area contributed by atoms with Gasteiger partial charge in [-0.2, -0.15) is 4.39 Å². The zero-order valence-electron chi connectivity index (χ0n) is 8.11. The molecule has 0 amide bonds. The Morgan fingerprint density at radius 3 is 2.44 bits per heavy atom. The van der Waals surface area contributed by atoms with Crippen molar-refractivity contribution in [2.75, 3.05) is 0 Å². The molecule has 1 unspecified atom stereocenters. The van der Waals surface area contributed by atoms with Gasteiger partial charge in [-0.3, -0.25) is 14.9 Å². The van der Waals surface area contributed by atoms with Gasteiger partial charge in [0.15, 0.2) is 0 Å². The maximum Gasteiger partial charge on any atom is 0.310 e. The predicted molar refractivity (Wildman–Crippen MR) is 49.1 cm³/mol. The lowest BCUT2D eigenvalue weighted by molar-refractivity contribution is -0.387. The van der Waals surface area contributed by atoms with Crippen LogP contribution in [0.15, 0.2) is 12.1 Å². The number of hydrogen-bond donors (Lipinski definition) is 1. The third-order valence-electron chi connectivity index (χ3n) is 2.10. The molecule has 0 aromatic heterocycles. The topological polar surface area (TPSA) is 80.4 Å². The summed E-state index contributed by atoms with van der Waals surface area (Å²) in [6, 6.07) is 0.913. The van der Waals surface area contributed by atoms with Gasteiger partial charge in [0.1, 0.15) is 5.82 Å². The van der Waals surface area contributed by atoms with Crippen molar-refractivity contribution in [2.24, 2.45) is 0 Å². The van der Waals surface area contributed by atoms with Crippen LogP contribution in [0.25, 0.3) is 0 Å². The maximum absolute atomic E-state index is 13.3. The largest absolute Gasteiger partial charge is 0.481 e. The number of carbonyl (C=O) groups is 1. The predicted octanol–water partition coefficient (Wildman–Crippen LogP) is 2.06. The number of halogens is 2. The lowest BCUT2D eigenvalue weighted by atomic mass is 10.0. The maximum atomic E-state index is 13.3. The molecule has 0 spiro atoms. The molecule has 1 atom stereocenters. The summed E-state index contributed by atoms with van der Waals surface area (Å²) in [5, 5.41) is 18.9. The van der Waals surface area contributed by atoms with Crippen molar-refractivity contribution in [3.8, 4) is 0 Å². The van der Waals surface area contributed by atoms with E-state index in [-0.39, 0.29) is 0 Å². The number of hydrogen-bond acceptors (Lipinski definition) is 3. The van der Waals surface area contributed by atoms with Gasteiger partial charge in [0.05, 0.1) is 16.9 Å². The molecule has 86 valence electrons. The fourth-order valence-electron chi connectivity index (χ4n) is 1.16. The van der Waals surface area contributed by atoms with Crippen molar-refractivity contribution in [3.63, 3.8) is 0 Å². The van der Waals surface area contributed by atoms with Crippen LogP contribution >= 0.6 is 0 Å². The molecule has 0 aliphatic heterocycles. The first kappa shape index (κ1) is 12.0. The van der Waals surface area contributed by atoms with E-state index in [0.29, 0.717) is 12.1 Å². The highest BCUT2D eigenvalue weighted by Gasteiger charge is 2.24. The van der Waals surface area contributed by atoms with Gasteiger partial charge in [-0.05, 0) is 13.0 Å². The number of benzene rings is 1. The number of carboxylic acid groups (broad SMARTS) is 1. The van der Waals surface area contributed by atoms with Crippen LogP contribution in [0.1, 0.15) is 18.4 Å². The number of aliphatic carboxylic acids is 1. The molecule has 1 N–H and O–H groups in total. The number of nitro benzene ring substituents is 1. The minimum atomic E-state index is -1.34. The minimum absolute atomic E-state index is 0.379. The molecular formula is C9H7F2NO4. The number of carboxylic acids is 1. The standard InChI is InChI=1S/C9H7F2NO4/c1-4(9(13)14)5-2-7(11)8(12(15)16)3-6(5)10/h2-4H,1H3,(H,13,14). The molecule has 0 aliphatic carbocycles. The molecular weight excluding hydrogens is 224 g/mol. The minimum Gasteiger partial charge on any atom is -0.481 e. The Morgan fingerprint density at radius 1 is 1.44 bits per heavy atom. The van der Waals surface area contributed by atoms with Crippen LogP contribution < -0.4 is 0 Å². The summed E-state index contributed by atoms with van der Waals surface area (Å²) < 4.78 is 26.4. The number of nitrogens with zero attached hydrogens (tertiary/aromatic N) is 1. The second kappa shape index (κ2) is 4.21. The van der Waals surface area contributed by atoms with Gasteiger partial charge in [0.25, 0.3) is 0 Å². The fourth-order valence-corrected chi connectivity index (χ4v) is 1.16. The zero-order valence-corrected chi connectivity index (χ0v) is 8.11. The molecule has 1 aromatic carbocycles. The highest BCUT2D eigenvalue weighted by molar-refractivity contribution is 5.75. The van der Waals surface area contributed by atoms with Crippen LogP contribution in [0.5, 0.6) is 0 Å². The Bertz CT molecular complexity index is 461. The summed E-state index contributed by atoms with van der Waals surface area (Å²) in [4.78, 5) is 19.8. The van der Waals surface area contributed by atoms with E-state index in [1.807, 2.05) is 0 Å². The Kier molecular flexibility index (Phi) is 3.17. The Morgan fingerprint density at radius 2 is 2.00 bits per heavy atom. The fraction of sp³-hybridized carbons (Fsp3) is 0.222. The summed E-state index contributed by atoms with van der Waals surface area (Å²) >= 11 is 0. The van der Waals surface area contributed by atoms with Crippen molar-refractivity contribution in [3.05, 3.63) is 39.4 Å². The Balaban J connectivity index is 3.31. The average Bonchev–Trinajstić information content (AvgIpc) is 2.19. The first-order chi connectivity index (χ1) is 7.34. The molecule has 1 aromatic rings. The van der Waals surface area contributed by atoms with E-state index in [0.717, 1.165) is 6.92 Å². The van der Waals surface area contributed by atoms with Crippen molar-refractivity contribution >= 4 is 11.7 Å². The molecule has 0 bridgehead atoms. The number of nitro groups is 1. The normalized spacial score (nSPS) is 12.2. The van der Waals surface area contributed by atoms with Gasteiger partial charge in [-0.25, -0.2) is 4.39 Å². The van der Waals surface area contributed by atoms with Gasteiger partial charge in [-0.1, -0.05) is 0 Å². The lowest BCUT2D eigenvalue weighted by Crippen LogP contribution is -2.10. The molecule has 7 heteroatoms. The second-order valence-corrected chi connectivity index (χ2v) is 3.14. The lowest BCUT2D eigenvalue weighted by Gasteiger charge is -2.07. The SMILES string of the molecule is CC(C(=O)O)c1cc(F)c([N+](=O)[O-])cc1F. The first-order valence-electron chi connectivity index (χ1n) is 4.20. The molecule has 0 heterocycles. The van der Waals surface area contributed by atoms with E-state index in [2.05, 4.69) is 0 Å². The molecule has 0 saturated carbocycles. The molecule has 0 fully saturated rings. The average molecular weight is 231 g/mol. The van der Waals surface area contributed by atoms with E-state index in [9.17, 15) is 23.7 Å². The molecule has 0 radical (unpaired) electrons. The van der Waals surface area contributed by atoms with Gasteiger partial charge >= 0.3 is 11.7 Å². The third-order valence-corrected chi connectivity index (χ3v) is 2.10. The summed E-state index contributed by atoms with van der Waals surface area (Å²) in [5.74, 6) is -4.97. The Hall–Kier alpha value is -2.05. The van der Waals surface area contributed by atoms with E-state index in [1.165, 1.54) is 0 Å². The quantitative estimate of drug-likeness (QED) is 0.637.